The van der Waals surface area contributed by atoms with Gasteiger partial charge in [-0.3, -0.25) is 0 Å². The van der Waals surface area contributed by atoms with Gasteiger partial charge < -0.3 is 5.11 Å². The summed E-state index contributed by atoms with van der Waals surface area (Å²) in [5.74, 6) is -0.981. The molecule has 2 heteroatoms. The van der Waals surface area contributed by atoms with Crippen LogP contribution in [0.3, 0.4) is 0 Å². The summed E-state index contributed by atoms with van der Waals surface area (Å²) in [4.78, 5) is 9.25. The Bertz CT molecular complexity index is 166. The van der Waals surface area contributed by atoms with Crippen molar-refractivity contribution in [3.05, 3.63) is 37.0 Å². The van der Waals surface area contributed by atoms with Crippen LogP contribution in [0.5, 0.6) is 0 Å². The van der Waals surface area contributed by atoms with Gasteiger partial charge >= 0.3 is 5.97 Å². The maximum absolute atomic E-state index is 9.25. The van der Waals surface area contributed by atoms with E-state index in [4.69, 9.17) is 5.11 Å². The summed E-state index contributed by atoms with van der Waals surface area (Å²) >= 11 is 0. The summed E-state index contributed by atoms with van der Waals surface area (Å²) in [6.45, 7) is 2.96. The lowest BCUT2D eigenvalue weighted by molar-refractivity contribution is -0.131. The number of carboxylic acids is 1. The van der Waals surface area contributed by atoms with Crippen LogP contribution >= 0.6 is 0 Å². The summed E-state index contributed by atoms with van der Waals surface area (Å²) in [5.41, 5.74) is 0. The molecule has 2 nitrogen and oxygen atoms in total. The Hall–Kier alpha value is -1.31. The van der Waals surface area contributed by atoms with E-state index in [1.165, 1.54) is 12.8 Å². The first kappa shape index (κ1) is 9.69. The van der Waals surface area contributed by atoms with Crippen molar-refractivity contribution in [1.29, 1.82) is 0 Å². The first-order chi connectivity index (χ1) is 5.27. The topological polar surface area (TPSA) is 37.3 Å². The molecule has 60 valence electrons. The summed E-state index contributed by atoms with van der Waals surface area (Å²) in [7, 11) is 0. The molecule has 1 aliphatic rings. The zero-order chi connectivity index (χ0) is 8.53. The maximum Gasteiger partial charge on any atom is 0.327 e. The fraction of sp³-hybridized carbons (Fsp3) is 0.222. The Morgan fingerprint density at radius 3 is 1.82 bits per heavy atom. The number of hydrogen-bond acceptors (Lipinski definition) is 1. The molecule has 0 aromatic rings. The Balaban J connectivity index is 0.000000187. The molecule has 0 saturated heterocycles. The molecule has 0 aromatic heterocycles. The van der Waals surface area contributed by atoms with Gasteiger partial charge in [0.05, 0.1) is 0 Å². The van der Waals surface area contributed by atoms with Crippen LogP contribution in [0.25, 0.3) is 0 Å². The van der Waals surface area contributed by atoms with E-state index in [2.05, 4.69) is 30.9 Å². The van der Waals surface area contributed by atoms with Crippen LogP contribution in [-0.4, -0.2) is 11.1 Å². The van der Waals surface area contributed by atoms with Gasteiger partial charge in [-0.25, -0.2) is 4.79 Å². The SMILES string of the molecule is C1=CCCC=C1.C=CC(=O)O. The van der Waals surface area contributed by atoms with Gasteiger partial charge in [0.25, 0.3) is 0 Å². The van der Waals surface area contributed by atoms with Crippen molar-refractivity contribution in [1.82, 2.24) is 0 Å². The van der Waals surface area contributed by atoms with Crippen LogP contribution in [0.1, 0.15) is 12.8 Å². The van der Waals surface area contributed by atoms with Crippen molar-refractivity contribution in [2.24, 2.45) is 0 Å². The molecular weight excluding hydrogens is 140 g/mol. The third kappa shape index (κ3) is 8.69. The van der Waals surface area contributed by atoms with Crippen LogP contribution in [0, 0.1) is 0 Å². The summed E-state index contributed by atoms with van der Waals surface area (Å²) in [6, 6.07) is 0. The number of allylic oxidation sites excluding steroid dienone is 4. The Labute approximate surface area is 66.5 Å². The highest BCUT2D eigenvalue weighted by molar-refractivity contribution is 5.78. The van der Waals surface area contributed by atoms with E-state index in [1.807, 2.05) is 0 Å². The second-order valence-corrected chi connectivity index (χ2v) is 1.98. The minimum Gasteiger partial charge on any atom is -0.478 e. The van der Waals surface area contributed by atoms with Gasteiger partial charge in [0.2, 0.25) is 0 Å². The molecule has 0 heterocycles. The molecule has 1 N–H and O–H groups in total. The third-order valence-electron chi connectivity index (χ3n) is 1.06. The highest BCUT2D eigenvalue weighted by Gasteiger charge is 1.77. The first-order valence-corrected chi connectivity index (χ1v) is 3.44. The molecule has 0 radical (unpaired) electrons. The van der Waals surface area contributed by atoms with Crippen LogP contribution in [0.15, 0.2) is 37.0 Å². The average molecular weight is 152 g/mol. The molecule has 0 unspecified atom stereocenters. The standard InChI is InChI=1S/C6H8.C3H4O2/c1-2-4-6-5-3-1;1-2-3(4)5/h1-4H,5-6H2;2H,1H2,(H,4,5). The lowest BCUT2D eigenvalue weighted by atomic mass is 10.2. The summed E-state index contributed by atoms with van der Waals surface area (Å²) in [6.07, 6.45) is 11.8. The highest BCUT2D eigenvalue weighted by Crippen LogP contribution is 1.98. The van der Waals surface area contributed by atoms with Crippen LogP contribution in [0.2, 0.25) is 0 Å². The predicted octanol–water partition coefficient (Wildman–Crippen LogP) is 2.15. The van der Waals surface area contributed by atoms with Gasteiger partial charge in [0, 0.05) is 6.08 Å². The molecule has 0 aliphatic heterocycles. The normalized spacial score (nSPS) is 13.1. The van der Waals surface area contributed by atoms with Gasteiger partial charge in [-0.15, -0.1) is 0 Å². The zero-order valence-electron chi connectivity index (χ0n) is 6.36. The summed E-state index contributed by atoms with van der Waals surface area (Å²) < 4.78 is 0. The smallest absolute Gasteiger partial charge is 0.327 e. The van der Waals surface area contributed by atoms with E-state index in [0.29, 0.717) is 0 Å². The molecular formula is C9H12O2. The van der Waals surface area contributed by atoms with Gasteiger partial charge in [0.1, 0.15) is 0 Å². The van der Waals surface area contributed by atoms with Crippen molar-refractivity contribution in [3.8, 4) is 0 Å². The molecule has 0 saturated carbocycles. The van der Waals surface area contributed by atoms with Gasteiger partial charge in [-0.05, 0) is 12.8 Å². The van der Waals surface area contributed by atoms with E-state index < -0.39 is 5.97 Å². The van der Waals surface area contributed by atoms with Gasteiger partial charge in [-0.2, -0.15) is 0 Å². The van der Waals surface area contributed by atoms with Crippen LogP contribution in [-0.2, 0) is 4.79 Å². The second kappa shape index (κ2) is 6.81. The first-order valence-electron chi connectivity index (χ1n) is 3.44. The molecule has 11 heavy (non-hydrogen) atoms. The average Bonchev–Trinajstić information content (AvgIpc) is 2.09. The minimum atomic E-state index is -0.981. The van der Waals surface area contributed by atoms with Crippen molar-refractivity contribution < 1.29 is 9.90 Å². The second-order valence-electron chi connectivity index (χ2n) is 1.98. The third-order valence-corrected chi connectivity index (χ3v) is 1.06. The monoisotopic (exact) mass is 152 g/mol. The fourth-order valence-electron chi connectivity index (χ4n) is 0.542. The van der Waals surface area contributed by atoms with E-state index in [0.717, 1.165) is 6.08 Å². The van der Waals surface area contributed by atoms with Crippen LogP contribution < -0.4 is 0 Å². The minimum absolute atomic E-state index is 0.833. The molecule has 0 fully saturated rings. The quantitative estimate of drug-likeness (QED) is 0.584. The maximum atomic E-state index is 9.25. The Kier molecular flexibility index (Phi) is 5.99. The van der Waals surface area contributed by atoms with E-state index in [-0.39, 0.29) is 0 Å². The fourth-order valence-corrected chi connectivity index (χ4v) is 0.542. The molecule has 1 aliphatic carbocycles. The predicted molar refractivity (Wildman–Crippen MR) is 45.3 cm³/mol. The van der Waals surface area contributed by atoms with Crippen molar-refractivity contribution in [3.63, 3.8) is 0 Å². The van der Waals surface area contributed by atoms with Gasteiger partial charge in [-0.1, -0.05) is 30.9 Å². The van der Waals surface area contributed by atoms with Crippen molar-refractivity contribution in [2.45, 2.75) is 12.8 Å². The van der Waals surface area contributed by atoms with Crippen molar-refractivity contribution in [2.75, 3.05) is 0 Å². The van der Waals surface area contributed by atoms with E-state index >= 15 is 0 Å². The molecule has 0 atom stereocenters. The van der Waals surface area contributed by atoms with E-state index in [9.17, 15) is 4.79 Å². The lowest BCUT2D eigenvalue weighted by Gasteiger charge is -1.88. The molecule has 0 amide bonds. The zero-order valence-corrected chi connectivity index (χ0v) is 6.36. The largest absolute Gasteiger partial charge is 0.478 e. The number of hydrogen-bond donors (Lipinski definition) is 1. The number of rotatable bonds is 1. The Morgan fingerprint density at radius 2 is 1.73 bits per heavy atom. The molecule has 0 bridgehead atoms. The molecule has 0 spiro atoms. The van der Waals surface area contributed by atoms with E-state index in [1.54, 1.807) is 0 Å². The molecule has 1 rings (SSSR count). The van der Waals surface area contributed by atoms with Gasteiger partial charge in [0.15, 0.2) is 0 Å². The van der Waals surface area contributed by atoms with Crippen LogP contribution in [0.4, 0.5) is 0 Å². The number of carboxylic acid groups (broad SMARTS) is 1. The Morgan fingerprint density at radius 1 is 1.36 bits per heavy atom. The summed E-state index contributed by atoms with van der Waals surface area (Å²) in [5, 5.41) is 7.60. The number of carbonyl (C=O) groups is 1. The lowest BCUT2D eigenvalue weighted by Crippen LogP contribution is -1.82. The van der Waals surface area contributed by atoms with Crippen molar-refractivity contribution >= 4 is 5.97 Å². The number of aliphatic carboxylic acids is 1. The highest BCUT2D eigenvalue weighted by atomic mass is 16.4. The molecule has 0 aromatic carbocycles.